The van der Waals surface area contributed by atoms with Gasteiger partial charge in [0.1, 0.15) is 5.75 Å². The van der Waals surface area contributed by atoms with Gasteiger partial charge in [-0.15, -0.1) is 0 Å². The first-order valence-electron chi connectivity index (χ1n) is 11.0. The predicted molar refractivity (Wildman–Crippen MR) is 132 cm³/mol. The Morgan fingerprint density at radius 1 is 1.00 bits per heavy atom. The molecule has 0 radical (unpaired) electrons. The smallest absolute Gasteiger partial charge is 0.234 e. The molecule has 5 heteroatoms. The van der Waals surface area contributed by atoms with Gasteiger partial charge in [-0.2, -0.15) is 0 Å². The van der Waals surface area contributed by atoms with E-state index >= 15 is 0 Å². The lowest BCUT2D eigenvalue weighted by Gasteiger charge is -2.31. The molecule has 4 rings (SSSR count). The zero-order valence-corrected chi connectivity index (χ0v) is 19.6. The molecule has 1 aliphatic carbocycles. The lowest BCUT2D eigenvalue weighted by molar-refractivity contribution is -0.120. The quantitative estimate of drug-likeness (QED) is 0.459. The Morgan fingerprint density at radius 2 is 1.69 bits per heavy atom. The molecule has 0 aliphatic heterocycles. The highest BCUT2D eigenvalue weighted by molar-refractivity contribution is 6.30. The van der Waals surface area contributed by atoms with Crippen LogP contribution in [0.1, 0.15) is 35.4 Å². The van der Waals surface area contributed by atoms with Crippen LogP contribution in [0.15, 0.2) is 66.7 Å². The number of amides is 1. The first-order chi connectivity index (χ1) is 15.5. The van der Waals surface area contributed by atoms with Gasteiger partial charge in [0, 0.05) is 30.5 Å². The van der Waals surface area contributed by atoms with Gasteiger partial charge in [0.15, 0.2) is 0 Å². The minimum atomic E-state index is -0.189. The molecule has 166 valence electrons. The maximum Gasteiger partial charge on any atom is 0.234 e. The molecule has 0 aromatic heterocycles. The zero-order valence-electron chi connectivity index (χ0n) is 18.8. The summed E-state index contributed by atoms with van der Waals surface area (Å²) in [5.74, 6) is 0.713. The fourth-order valence-corrected chi connectivity index (χ4v) is 4.47. The van der Waals surface area contributed by atoms with Gasteiger partial charge in [-0.3, -0.25) is 4.79 Å². The number of methoxy groups -OCH3 is 1. The van der Waals surface area contributed by atoms with Crippen LogP contribution in [0.5, 0.6) is 5.75 Å². The average Bonchev–Trinajstić information content (AvgIpc) is 2.82. The second kappa shape index (κ2) is 9.66. The Hall–Kier alpha value is -2.98. The minimum absolute atomic E-state index is 0.109. The fourth-order valence-electron chi connectivity index (χ4n) is 4.35. The summed E-state index contributed by atoms with van der Waals surface area (Å²) in [7, 11) is 5.71. The largest absolute Gasteiger partial charge is 0.497 e. The van der Waals surface area contributed by atoms with Crippen molar-refractivity contribution in [2.45, 2.75) is 31.7 Å². The molecule has 4 nitrogen and oxygen atoms in total. The zero-order chi connectivity index (χ0) is 22.7. The first kappa shape index (κ1) is 22.2. The molecule has 3 aromatic rings. The molecule has 0 bridgehead atoms. The Balaban J connectivity index is 1.69. The topological polar surface area (TPSA) is 32.8 Å². The Morgan fingerprint density at radius 3 is 2.34 bits per heavy atom. The van der Waals surface area contributed by atoms with E-state index in [9.17, 15) is 4.79 Å². The highest BCUT2D eigenvalue weighted by Gasteiger charge is 2.31. The molecule has 0 fully saturated rings. The molecule has 1 aliphatic rings. The van der Waals surface area contributed by atoms with Crippen LogP contribution in [-0.4, -0.2) is 27.1 Å². The van der Waals surface area contributed by atoms with Crippen molar-refractivity contribution in [3.05, 3.63) is 88.4 Å². The highest BCUT2D eigenvalue weighted by Crippen LogP contribution is 2.37. The molecular formula is C27H29ClN2O2. The van der Waals surface area contributed by atoms with Crippen LogP contribution in [0, 0.1) is 0 Å². The molecule has 1 atom stereocenters. The van der Waals surface area contributed by atoms with E-state index in [1.54, 1.807) is 7.11 Å². The molecule has 3 aromatic carbocycles. The Kier molecular flexibility index (Phi) is 6.71. The van der Waals surface area contributed by atoms with Crippen molar-refractivity contribution in [1.82, 2.24) is 0 Å². The molecule has 1 amide bonds. The molecule has 1 unspecified atom stereocenters. The fraction of sp³-hybridized carbons (Fsp3) is 0.296. The van der Waals surface area contributed by atoms with Gasteiger partial charge in [-0.1, -0.05) is 29.8 Å². The van der Waals surface area contributed by atoms with Gasteiger partial charge in [0.05, 0.1) is 19.6 Å². The van der Waals surface area contributed by atoms with Gasteiger partial charge in [-0.25, -0.2) is 0 Å². The van der Waals surface area contributed by atoms with Gasteiger partial charge in [0.2, 0.25) is 5.91 Å². The van der Waals surface area contributed by atoms with Crippen molar-refractivity contribution >= 4 is 28.9 Å². The normalized spacial score (nSPS) is 15.1. The van der Waals surface area contributed by atoms with E-state index in [0.29, 0.717) is 11.6 Å². The van der Waals surface area contributed by atoms with E-state index in [0.717, 1.165) is 47.5 Å². The number of rotatable bonds is 6. The average molecular weight is 449 g/mol. The maximum absolute atomic E-state index is 14.0. The van der Waals surface area contributed by atoms with E-state index in [-0.39, 0.29) is 11.8 Å². The van der Waals surface area contributed by atoms with Crippen molar-refractivity contribution in [2.75, 3.05) is 31.0 Å². The Labute approximate surface area is 195 Å². The molecule has 32 heavy (non-hydrogen) atoms. The van der Waals surface area contributed by atoms with Crippen LogP contribution in [0.3, 0.4) is 0 Å². The molecule has 0 heterocycles. The number of carbonyl (C=O) groups excluding carboxylic acids is 1. The van der Waals surface area contributed by atoms with Crippen LogP contribution < -0.4 is 14.5 Å². The summed E-state index contributed by atoms with van der Waals surface area (Å²) in [5, 5.41) is 0.657. The van der Waals surface area contributed by atoms with Crippen molar-refractivity contribution < 1.29 is 9.53 Å². The van der Waals surface area contributed by atoms with Crippen molar-refractivity contribution in [1.29, 1.82) is 0 Å². The second-order valence-corrected chi connectivity index (χ2v) is 8.91. The molecule has 0 N–H and O–H groups in total. The lowest BCUT2D eigenvalue weighted by Crippen LogP contribution is -2.36. The maximum atomic E-state index is 14.0. The number of hydrogen-bond donors (Lipinski definition) is 0. The molecule has 0 saturated carbocycles. The van der Waals surface area contributed by atoms with Crippen LogP contribution in [0.2, 0.25) is 5.02 Å². The first-order valence-corrected chi connectivity index (χ1v) is 11.3. The predicted octanol–water partition coefficient (Wildman–Crippen LogP) is 6.07. The second-order valence-electron chi connectivity index (χ2n) is 8.47. The number of ether oxygens (including phenoxy) is 1. The number of nitrogens with zero attached hydrogens (tertiary/aromatic N) is 2. The number of anilines is 2. The summed E-state index contributed by atoms with van der Waals surface area (Å²) in [6, 6.07) is 22.0. The number of hydrogen-bond acceptors (Lipinski definition) is 3. The lowest BCUT2D eigenvalue weighted by atomic mass is 9.81. The van der Waals surface area contributed by atoms with Gasteiger partial charge in [-0.05, 0) is 84.5 Å². The number of halogens is 1. The number of aryl methyl sites for hydroxylation is 1. The number of carbonyl (C=O) groups is 1. The summed E-state index contributed by atoms with van der Waals surface area (Å²) in [6.45, 7) is 0.504. The molecule has 0 saturated heterocycles. The van der Waals surface area contributed by atoms with E-state index in [2.05, 4.69) is 35.2 Å². The van der Waals surface area contributed by atoms with Crippen LogP contribution in [-0.2, 0) is 17.8 Å². The molecule has 0 spiro atoms. The van der Waals surface area contributed by atoms with E-state index in [1.165, 1.54) is 5.56 Å². The molecular weight excluding hydrogens is 420 g/mol. The highest BCUT2D eigenvalue weighted by atomic mass is 35.5. The number of fused-ring (bicyclic) bond motifs is 1. The summed E-state index contributed by atoms with van der Waals surface area (Å²) in [4.78, 5) is 17.9. The number of benzene rings is 3. The van der Waals surface area contributed by atoms with E-state index < -0.39 is 0 Å². The minimum Gasteiger partial charge on any atom is -0.497 e. The monoisotopic (exact) mass is 448 g/mol. The third kappa shape index (κ3) is 4.76. The SMILES string of the molecule is COc1ccc2c(c1)C(C(=O)N(Cc1ccc(N(C)C)cc1)c1ccc(Cl)cc1)CCC2. The van der Waals surface area contributed by atoms with Crippen molar-refractivity contribution in [3.63, 3.8) is 0 Å². The van der Waals surface area contributed by atoms with E-state index in [4.69, 9.17) is 16.3 Å². The van der Waals surface area contributed by atoms with E-state index in [1.807, 2.05) is 55.4 Å². The summed E-state index contributed by atoms with van der Waals surface area (Å²) < 4.78 is 5.45. The van der Waals surface area contributed by atoms with Gasteiger partial charge >= 0.3 is 0 Å². The van der Waals surface area contributed by atoms with Crippen LogP contribution >= 0.6 is 11.6 Å². The van der Waals surface area contributed by atoms with Crippen molar-refractivity contribution in [3.8, 4) is 5.75 Å². The standard InChI is InChI=1S/C27H29ClN2O2/c1-29(2)22-12-7-19(8-13-22)18-30(23-14-10-21(28)11-15-23)27(31)25-6-4-5-20-9-16-24(32-3)17-26(20)25/h7-17,25H,4-6,18H2,1-3H3. The van der Waals surface area contributed by atoms with Crippen LogP contribution in [0.25, 0.3) is 0 Å². The summed E-state index contributed by atoms with van der Waals surface area (Å²) in [6.07, 6.45) is 2.83. The summed E-state index contributed by atoms with van der Waals surface area (Å²) in [5.41, 5.74) is 5.39. The van der Waals surface area contributed by atoms with Crippen molar-refractivity contribution in [2.24, 2.45) is 0 Å². The van der Waals surface area contributed by atoms with Crippen LogP contribution in [0.4, 0.5) is 11.4 Å². The third-order valence-corrected chi connectivity index (χ3v) is 6.42. The van der Waals surface area contributed by atoms with Gasteiger partial charge < -0.3 is 14.5 Å². The summed E-state index contributed by atoms with van der Waals surface area (Å²) >= 11 is 6.13. The third-order valence-electron chi connectivity index (χ3n) is 6.16. The van der Waals surface area contributed by atoms with Gasteiger partial charge in [0.25, 0.3) is 0 Å². The Bertz CT molecular complexity index is 1080.